The van der Waals surface area contributed by atoms with Crippen LogP contribution in [-0.2, 0) is 0 Å². The molecule has 0 saturated heterocycles. The molecule has 1 fully saturated rings. The van der Waals surface area contributed by atoms with Crippen LogP contribution >= 0.6 is 11.6 Å². The van der Waals surface area contributed by atoms with Gasteiger partial charge in [-0.05, 0) is 18.0 Å². The molecule has 1 aliphatic rings. The van der Waals surface area contributed by atoms with Gasteiger partial charge >= 0.3 is 0 Å². The van der Waals surface area contributed by atoms with Crippen LogP contribution in [0.2, 0.25) is 5.28 Å². The van der Waals surface area contributed by atoms with E-state index in [0.717, 1.165) is 0 Å². The molecule has 4 atom stereocenters. The lowest BCUT2D eigenvalue weighted by Crippen LogP contribution is -2.35. The zero-order valence-electron chi connectivity index (χ0n) is 9.31. The van der Waals surface area contributed by atoms with Gasteiger partial charge in [-0.1, -0.05) is 0 Å². The Morgan fingerprint density at radius 3 is 2.78 bits per heavy atom. The molecule has 0 radical (unpaired) electrons. The predicted octanol–water partition coefficient (Wildman–Crippen LogP) is -0.526. The summed E-state index contributed by atoms with van der Waals surface area (Å²) in [6, 6.07) is -0.814. The molecule has 7 nitrogen and oxygen atoms in total. The van der Waals surface area contributed by atoms with Gasteiger partial charge < -0.3 is 20.5 Å². The molecule has 2 aromatic rings. The van der Waals surface area contributed by atoms with Crippen LogP contribution in [0.5, 0.6) is 0 Å². The number of aliphatic hydroxyl groups excluding tert-OH is 2. The molecule has 0 aliphatic heterocycles. The summed E-state index contributed by atoms with van der Waals surface area (Å²) in [6.45, 7) is 0. The highest BCUT2D eigenvalue weighted by Gasteiger charge is 2.41. The SMILES string of the molecule is N[C@H]1C[C@@H](n2cnc3cnc(Cl)nc32)[C@@H](O)[C@H]1O. The summed E-state index contributed by atoms with van der Waals surface area (Å²) in [6.07, 6.45) is 1.64. The highest BCUT2D eigenvalue weighted by Crippen LogP contribution is 2.31. The van der Waals surface area contributed by atoms with Gasteiger partial charge in [0, 0.05) is 6.04 Å². The molecule has 0 bridgehead atoms. The maximum absolute atomic E-state index is 9.97. The van der Waals surface area contributed by atoms with Crippen LogP contribution in [0.25, 0.3) is 11.2 Å². The number of imidazole rings is 1. The summed E-state index contributed by atoms with van der Waals surface area (Å²) in [5, 5.41) is 19.8. The monoisotopic (exact) mass is 269 g/mol. The van der Waals surface area contributed by atoms with Gasteiger partial charge in [-0.2, -0.15) is 4.98 Å². The zero-order valence-corrected chi connectivity index (χ0v) is 10.1. The van der Waals surface area contributed by atoms with E-state index in [9.17, 15) is 10.2 Å². The van der Waals surface area contributed by atoms with Crippen molar-refractivity contribution in [3.05, 3.63) is 17.8 Å². The molecule has 96 valence electrons. The van der Waals surface area contributed by atoms with E-state index >= 15 is 0 Å². The van der Waals surface area contributed by atoms with Crippen LogP contribution in [-0.4, -0.2) is 48.0 Å². The average Bonchev–Trinajstić information content (AvgIpc) is 2.86. The fourth-order valence-corrected chi connectivity index (χ4v) is 2.49. The summed E-state index contributed by atoms with van der Waals surface area (Å²) < 4.78 is 1.68. The number of fused-ring (bicyclic) bond motifs is 1. The number of aliphatic hydroxyl groups is 2. The Balaban J connectivity index is 2.07. The minimum Gasteiger partial charge on any atom is -0.389 e. The van der Waals surface area contributed by atoms with Crippen molar-refractivity contribution < 1.29 is 10.2 Å². The van der Waals surface area contributed by atoms with Crippen LogP contribution in [0.1, 0.15) is 12.5 Å². The summed E-state index contributed by atoms with van der Waals surface area (Å²) in [7, 11) is 0. The van der Waals surface area contributed by atoms with Crippen molar-refractivity contribution in [2.45, 2.75) is 30.7 Å². The average molecular weight is 270 g/mol. The topological polar surface area (TPSA) is 110 Å². The quantitative estimate of drug-likeness (QED) is 0.601. The first-order valence-electron chi connectivity index (χ1n) is 5.54. The fraction of sp³-hybridized carbons (Fsp3) is 0.500. The Kier molecular flexibility index (Phi) is 2.70. The summed E-state index contributed by atoms with van der Waals surface area (Å²) >= 11 is 5.75. The van der Waals surface area contributed by atoms with Gasteiger partial charge in [0.25, 0.3) is 0 Å². The van der Waals surface area contributed by atoms with Crippen molar-refractivity contribution >= 4 is 22.8 Å². The third kappa shape index (κ3) is 1.67. The van der Waals surface area contributed by atoms with Gasteiger partial charge in [-0.3, -0.25) is 0 Å². The molecule has 0 spiro atoms. The molecule has 2 heterocycles. The normalized spacial score (nSPS) is 32.2. The van der Waals surface area contributed by atoms with E-state index in [4.69, 9.17) is 17.3 Å². The Hall–Kier alpha value is -1.28. The van der Waals surface area contributed by atoms with Gasteiger partial charge in [0.2, 0.25) is 5.28 Å². The van der Waals surface area contributed by atoms with Crippen molar-refractivity contribution in [2.75, 3.05) is 0 Å². The first-order valence-corrected chi connectivity index (χ1v) is 5.92. The lowest BCUT2D eigenvalue weighted by Gasteiger charge is -2.17. The molecular formula is C10H12ClN5O2. The summed E-state index contributed by atoms with van der Waals surface area (Å²) in [5.74, 6) is 0. The van der Waals surface area contributed by atoms with E-state index in [0.29, 0.717) is 17.6 Å². The third-order valence-corrected chi connectivity index (χ3v) is 3.52. The van der Waals surface area contributed by atoms with E-state index in [1.807, 2.05) is 0 Å². The van der Waals surface area contributed by atoms with Crippen molar-refractivity contribution in [1.82, 2.24) is 19.5 Å². The van der Waals surface area contributed by atoms with Crippen molar-refractivity contribution in [3.8, 4) is 0 Å². The van der Waals surface area contributed by atoms with Gasteiger partial charge in [-0.25, -0.2) is 9.97 Å². The minimum absolute atomic E-state index is 0.113. The van der Waals surface area contributed by atoms with E-state index < -0.39 is 18.2 Å². The first-order chi connectivity index (χ1) is 8.58. The smallest absolute Gasteiger partial charge is 0.224 e. The molecular weight excluding hydrogens is 258 g/mol. The van der Waals surface area contributed by atoms with Crippen molar-refractivity contribution in [3.63, 3.8) is 0 Å². The Morgan fingerprint density at radius 1 is 1.33 bits per heavy atom. The predicted molar refractivity (Wildman–Crippen MR) is 64.0 cm³/mol. The van der Waals surface area contributed by atoms with E-state index in [1.165, 1.54) is 6.20 Å². The molecule has 2 aromatic heterocycles. The van der Waals surface area contributed by atoms with Gasteiger partial charge in [0.1, 0.15) is 11.6 Å². The Bertz CT molecular complexity index is 589. The standard InChI is InChI=1S/C10H12ClN5O2/c11-10-13-2-5-9(15-10)16(3-14-5)6-1-4(12)7(17)8(6)18/h2-4,6-8,17-18H,1,12H2/t4-,6+,7-,8+/m0/s1. The van der Waals surface area contributed by atoms with Crippen molar-refractivity contribution in [2.24, 2.45) is 5.73 Å². The van der Waals surface area contributed by atoms with E-state index in [1.54, 1.807) is 10.9 Å². The van der Waals surface area contributed by atoms with E-state index in [-0.39, 0.29) is 11.3 Å². The molecule has 18 heavy (non-hydrogen) atoms. The Morgan fingerprint density at radius 2 is 2.11 bits per heavy atom. The first kappa shape index (κ1) is 11.8. The van der Waals surface area contributed by atoms with Gasteiger partial charge in [0.05, 0.1) is 24.7 Å². The number of nitrogens with two attached hydrogens (primary N) is 1. The van der Waals surface area contributed by atoms with Gasteiger partial charge in [-0.15, -0.1) is 0 Å². The molecule has 8 heteroatoms. The number of hydrogen-bond acceptors (Lipinski definition) is 6. The highest BCUT2D eigenvalue weighted by molar-refractivity contribution is 6.28. The third-order valence-electron chi connectivity index (χ3n) is 3.34. The second-order valence-corrected chi connectivity index (χ2v) is 4.79. The number of rotatable bonds is 1. The zero-order chi connectivity index (χ0) is 12.9. The van der Waals surface area contributed by atoms with Crippen LogP contribution in [0.3, 0.4) is 0 Å². The van der Waals surface area contributed by atoms with Crippen LogP contribution in [0, 0.1) is 0 Å². The molecule has 0 aromatic carbocycles. The number of hydrogen-bond donors (Lipinski definition) is 3. The van der Waals surface area contributed by atoms with Gasteiger partial charge in [0.15, 0.2) is 5.65 Å². The second-order valence-electron chi connectivity index (χ2n) is 4.45. The van der Waals surface area contributed by atoms with Crippen LogP contribution in [0.15, 0.2) is 12.5 Å². The maximum atomic E-state index is 9.97. The lowest BCUT2D eigenvalue weighted by atomic mass is 10.2. The number of nitrogens with zero attached hydrogens (tertiary/aromatic N) is 4. The van der Waals surface area contributed by atoms with Crippen LogP contribution < -0.4 is 5.73 Å². The molecule has 3 rings (SSSR count). The molecule has 0 unspecified atom stereocenters. The van der Waals surface area contributed by atoms with Crippen molar-refractivity contribution in [1.29, 1.82) is 0 Å². The van der Waals surface area contributed by atoms with Crippen LogP contribution in [0.4, 0.5) is 0 Å². The Labute approximate surface area is 107 Å². The summed E-state index contributed by atoms with van der Waals surface area (Å²) in [4.78, 5) is 12.1. The molecule has 1 aliphatic carbocycles. The molecule has 0 amide bonds. The second kappa shape index (κ2) is 4.13. The number of halogens is 1. The molecule has 4 N–H and O–H groups in total. The molecule has 1 saturated carbocycles. The summed E-state index contributed by atoms with van der Waals surface area (Å²) in [5.41, 5.74) is 6.85. The maximum Gasteiger partial charge on any atom is 0.224 e. The minimum atomic E-state index is -0.940. The fourth-order valence-electron chi connectivity index (χ4n) is 2.37. The largest absolute Gasteiger partial charge is 0.389 e. The highest BCUT2D eigenvalue weighted by atomic mass is 35.5. The number of aromatic nitrogens is 4. The lowest BCUT2D eigenvalue weighted by molar-refractivity contribution is 0.0187. The van der Waals surface area contributed by atoms with E-state index in [2.05, 4.69) is 15.0 Å².